The zero-order chi connectivity index (χ0) is 15.1. The second-order valence-electron chi connectivity index (χ2n) is 6.00. The molecule has 0 N–H and O–H groups in total. The molecule has 0 saturated heterocycles. The van der Waals surface area contributed by atoms with E-state index in [4.69, 9.17) is 9.47 Å². The van der Waals surface area contributed by atoms with Gasteiger partial charge >= 0.3 is 0 Å². The lowest BCUT2D eigenvalue weighted by Crippen LogP contribution is -2.29. The van der Waals surface area contributed by atoms with Crippen LogP contribution >= 0.6 is 8.07 Å². The summed E-state index contributed by atoms with van der Waals surface area (Å²) in [5.74, 6) is 2.50. The Balaban J connectivity index is 1.57. The molecule has 0 spiro atoms. The van der Waals surface area contributed by atoms with Gasteiger partial charge in [0.05, 0.1) is 8.07 Å². The molecule has 2 aromatic carbocycles. The molecular weight excluding hydrogens is 293 g/mol. The van der Waals surface area contributed by atoms with Gasteiger partial charge in [-0.05, 0) is 37.4 Å². The van der Waals surface area contributed by atoms with Crippen molar-refractivity contribution >= 4 is 8.07 Å². The Morgan fingerprint density at radius 2 is 1.27 bits per heavy atom. The number of nitrogens with zero attached hydrogens (tertiary/aromatic N) is 1. The fraction of sp³-hybridized carbons (Fsp3) is 0.333. The van der Waals surface area contributed by atoms with E-state index in [1.54, 1.807) is 0 Å². The van der Waals surface area contributed by atoms with Crippen LogP contribution in [0.25, 0.3) is 0 Å². The highest BCUT2D eigenvalue weighted by Crippen LogP contribution is 2.56. The van der Waals surface area contributed by atoms with Gasteiger partial charge in [0, 0.05) is 12.8 Å². The van der Waals surface area contributed by atoms with Crippen molar-refractivity contribution in [2.75, 3.05) is 14.1 Å². The molecule has 22 heavy (non-hydrogen) atoms. The van der Waals surface area contributed by atoms with Crippen LogP contribution in [-0.4, -0.2) is 30.5 Å². The summed E-state index contributed by atoms with van der Waals surface area (Å²) in [5, 5.41) is 0. The molecule has 4 heteroatoms. The Kier molecular flexibility index (Phi) is 3.56. The minimum atomic E-state index is -0.526. The van der Waals surface area contributed by atoms with Crippen LogP contribution < -0.4 is 9.47 Å². The summed E-state index contributed by atoms with van der Waals surface area (Å²) in [6.07, 6.45) is 1.96. The first kappa shape index (κ1) is 14.0. The van der Waals surface area contributed by atoms with Crippen molar-refractivity contribution in [1.29, 1.82) is 0 Å². The first-order valence-electron chi connectivity index (χ1n) is 7.67. The number of fused-ring (bicyclic) bond motifs is 2. The molecule has 2 aliphatic rings. The Morgan fingerprint density at radius 3 is 1.68 bits per heavy atom. The largest absolute Gasteiger partial charge is 0.484 e. The molecule has 0 amide bonds. The van der Waals surface area contributed by atoms with Crippen molar-refractivity contribution in [3.8, 4) is 11.5 Å². The summed E-state index contributed by atoms with van der Waals surface area (Å²) >= 11 is 0. The molecule has 0 saturated carbocycles. The summed E-state index contributed by atoms with van der Waals surface area (Å²) in [5.41, 5.74) is 2.63. The number of benzene rings is 2. The minimum Gasteiger partial charge on any atom is -0.484 e. The fourth-order valence-electron chi connectivity index (χ4n) is 3.32. The average Bonchev–Trinajstić information content (AvgIpc) is 3.09. The van der Waals surface area contributed by atoms with Crippen molar-refractivity contribution in [2.45, 2.75) is 24.5 Å². The summed E-state index contributed by atoms with van der Waals surface area (Å²) in [6.45, 7) is 0. The van der Waals surface area contributed by atoms with E-state index >= 15 is 0 Å². The van der Waals surface area contributed by atoms with Crippen molar-refractivity contribution < 1.29 is 9.47 Å². The zero-order valence-electron chi connectivity index (χ0n) is 12.9. The maximum atomic E-state index is 6.25. The number of rotatable bonds is 3. The average molecular weight is 313 g/mol. The maximum Gasteiger partial charge on any atom is 0.138 e. The van der Waals surface area contributed by atoms with Gasteiger partial charge in [0.1, 0.15) is 23.2 Å². The second-order valence-corrected chi connectivity index (χ2v) is 8.71. The quantitative estimate of drug-likeness (QED) is 0.803. The Hall–Kier alpha value is -1.57. The monoisotopic (exact) mass is 313 g/mol. The van der Waals surface area contributed by atoms with Crippen LogP contribution in [0.5, 0.6) is 11.5 Å². The SMILES string of the molecule is CN(C)P(C1Cc2ccccc2O1)C1Cc2ccccc2O1. The molecular formula is C18H20NO2P. The molecule has 0 bridgehead atoms. The van der Waals surface area contributed by atoms with Crippen LogP contribution in [0, 0.1) is 0 Å². The van der Waals surface area contributed by atoms with E-state index in [1.165, 1.54) is 11.1 Å². The number of hydrogen-bond acceptors (Lipinski definition) is 3. The highest BCUT2D eigenvalue weighted by Gasteiger charge is 2.40. The minimum absolute atomic E-state index is 0.210. The molecule has 0 aromatic heterocycles. The van der Waals surface area contributed by atoms with E-state index in [2.05, 4.69) is 55.2 Å². The molecule has 0 fully saturated rings. The predicted molar refractivity (Wildman–Crippen MR) is 89.7 cm³/mol. The summed E-state index contributed by atoms with van der Waals surface area (Å²) in [6, 6.07) is 16.7. The summed E-state index contributed by atoms with van der Waals surface area (Å²) in [7, 11) is 3.76. The molecule has 2 aromatic rings. The van der Waals surface area contributed by atoms with E-state index in [0.717, 1.165) is 24.3 Å². The molecule has 2 atom stereocenters. The van der Waals surface area contributed by atoms with Gasteiger partial charge in [0.25, 0.3) is 0 Å². The highest BCUT2D eigenvalue weighted by atomic mass is 31.1. The zero-order valence-corrected chi connectivity index (χ0v) is 13.8. The molecule has 3 nitrogen and oxygen atoms in total. The number of para-hydroxylation sites is 2. The Labute approximate surface area is 132 Å². The van der Waals surface area contributed by atoms with Crippen LogP contribution in [0.15, 0.2) is 48.5 Å². The van der Waals surface area contributed by atoms with Crippen LogP contribution in [0.2, 0.25) is 0 Å². The molecule has 0 aliphatic carbocycles. The number of hydrogen-bond donors (Lipinski definition) is 0. The van der Waals surface area contributed by atoms with Crippen molar-refractivity contribution in [3.05, 3.63) is 59.7 Å². The van der Waals surface area contributed by atoms with Crippen molar-refractivity contribution in [1.82, 2.24) is 4.67 Å². The van der Waals surface area contributed by atoms with Crippen LogP contribution in [0.3, 0.4) is 0 Å². The molecule has 2 aliphatic heterocycles. The lowest BCUT2D eigenvalue weighted by Gasteiger charge is -2.33. The molecule has 2 heterocycles. The van der Waals surface area contributed by atoms with Crippen LogP contribution in [0.1, 0.15) is 11.1 Å². The van der Waals surface area contributed by atoms with Crippen LogP contribution in [-0.2, 0) is 12.8 Å². The van der Waals surface area contributed by atoms with E-state index in [1.807, 2.05) is 12.1 Å². The lowest BCUT2D eigenvalue weighted by molar-refractivity contribution is 0.272. The van der Waals surface area contributed by atoms with Gasteiger partial charge in [-0.25, -0.2) is 0 Å². The first-order valence-corrected chi connectivity index (χ1v) is 9.10. The Morgan fingerprint density at radius 1 is 0.818 bits per heavy atom. The van der Waals surface area contributed by atoms with Crippen molar-refractivity contribution in [3.63, 3.8) is 0 Å². The standard InChI is InChI=1S/C18H20NO2P/c1-19(2)22(17-11-13-7-3-5-9-15(13)20-17)18-12-14-8-4-6-10-16(14)21-18/h3-10,17-18H,11-12H2,1-2H3. The highest BCUT2D eigenvalue weighted by molar-refractivity contribution is 7.56. The fourth-order valence-corrected chi connectivity index (χ4v) is 5.94. The van der Waals surface area contributed by atoms with E-state index in [9.17, 15) is 0 Å². The van der Waals surface area contributed by atoms with Gasteiger partial charge < -0.3 is 9.47 Å². The molecule has 4 rings (SSSR count). The van der Waals surface area contributed by atoms with Gasteiger partial charge in [-0.15, -0.1) is 0 Å². The smallest absolute Gasteiger partial charge is 0.138 e. The van der Waals surface area contributed by atoms with Gasteiger partial charge in [-0.3, -0.25) is 4.67 Å². The summed E-state index contributed by atoms with van der Waals surface area (Å²) < 4.78 is 14.8. The van der Waals surface area contributed by atoms with E-state index < -0.39 is 8.07 Å². The lowest BCUT2D eigenvalue weighted by atomic mass is 10.2. The van der Waals surface area contributed by atoms with E-state index in [0.29, 0.717) is 0 Å². The van der Waals surface area contributed by atoms with Gasteiger partial charge in [0.15, 0.2) is 0 Å². The molecule has 0 radical (unpaired) electrons. The second kappa shape index (κ2) is 5.57. The van der Waals surface area contributed by atoms with Gasteiger partial charge in [-0.2, -0.15) is 0 Å². The van der Waals surface area contributed by atoms with E-state index in [-0.39, 0.29) is 11.7 Å². The summed E-state index contributed by atoms with van der Waals surface area (Å²) in [4.78, 5) is 0. The normalized spacial score (nSPS) is 23.6. The molecule has 2 unspecified atom stereocenters. The predicted octanol–water partition coefficient (Wildman–Crippen LogP) is 3.87. The van der Waals surface area contributed by atoms with Crippen LogP contribution in [0.4, 0.5) is 0 Å². The Bertz CT molecular complexity index is 583. The third-order valence-corrected chi connectivity index (χ3v) is 6.99. The third kappa shape index (κ3) is 2.39. The molecule has 114 valence electrons. The van der Waals surface area contributed by atoms with Gasteiger partial charge in [0.2, 0.25) is 0 Å². The van der Waals surface area contributed by atoms with Gasteiger partial charge in [-0.1, -0.05) is 36.4 Å². The maximum absolute atomic E-state index is 6.25. The third-order valence-electron chi connectivity index (χ3n) is 4.31. The number of ether oxygens (including phenoxy) is 2. The topological polar surface area (TPSA) is 21.7 Å². The van der Waals surface area contributed by atoms with Crippen molar-refractivity contribution in [2.24, 2.45) is 0 Å². The first-order chi connectivity index (χ1) is 10.7.